The van der Waals surface area contributed by atoms with Crippen LogP contribution < -0.4 is 0 Å². The van der Waals surface area contributed by atoms with Crippen LogP contribution in [0.5, 0.6) is 0 Å². The van der Waals surface area contributed by atoms with E-state index in [2.05, 4.69) is 10.3 Å². The van der Waals surface area contributed by atoms with Crippen molar-refractivity contribution in [3.05, 3.63) is 11.4 Å². The molecule has 0 fully saturated rings. The van der Waals surface area contributed by atoms with Crippen molar-refractivity contribution in [1.82, 2.24) is 15.0 Å². The number of carboxylic acid groups (broad SMARTS) is 1. The minimum atomic E-state index is -1.05. The Morgan fingerprint density at radius 2 is 2.11 bits per heavy atom. The Kier molecular flexibility index (Phi) is 5.73. The molecule has 1 N–H and O–H groups in total. The third-order valence-electron chi connectivity index (χ3n) is 2.40. The van der Waals surface area contributed by atoms with Crippen LogP contribution in [-0.2, 0) is 16.0 Å². The van der Waals surface area contributed by atoms with Crippen molar-refractivity contribution in [3.63, 3.8) is 0 Å². The van der Waals surface area contributed by atoms with E-state index in [1.54, 1.807) is 11.8 Å². The van der Waals surface area contributed by atoms with E-state index < -0.39 is 5.97 Å². The number of carboxylic acids is 1. The van der Waals surface area contributed by atoms with Crippen LogP contribution in [-0.4, -0.2) is 53.0 Å². The Balaban J connectivity index is 2.62. The molecule has 1 heterocycles. The summed E-state index contributed by atoms with van der Waals surface area (Å²) in [6, 6.07) is 0. The highest BCUT2D eigenvalue weighted by Crippen LogP contribution is 2.17. The van der Waals surface area contributed by atoms with Crippen molar-refractivity contribution < 1.29 is 19.4 Å². The Labute approximate surface area is 106 Å². The summed E-state index contributed by atoms with van der Waals surface area (Å²) >= 11 is 0. The molecular weight excluding hydrogens is 238 g/mol. The van der Waals surface area contributed by atoms with Crippen molar-refractivity contribution in [2.24, 2.45) is 0 Å². The summed E-state index contributed by atoms with van der Waals surface area (Å²) in [7, 11) is 1.61. The van der Waals surface area contributed by atoms with Gasteiger partial charge in [-0.3, -0.25) is 0 Å². The maximum atomic E-state index is 11.0. The van der Waals surface area contributed by atoms with Gasteiger partial charge in [0.2, 0.25) is 0 Å². The van der Waals surface area contributed by atoms with Gasteiger partial charge in [-0.15, -0.1) is 5.10 Å². The first-order valence-electron chi connectivity index (χ1n) is 5.81. The van der Waals surface area contributed by atoms with Crippen LogP contribution >= 0.6 is 0 Å². The van der Waals surface area contributed by atoms with E-state index in [1.165, 1.54) is 0 Å². The van der Waals surface area contributed by atoms with Gasteiger partial charge >= 0.3 is 5.97 Å². The zero-order valence-electron chi connectivity index (χ0n) is 10.9. The number of hydrogen-bond acceptors (Lipinski definition) is 5. The fourth-order valence-electron chi connectivity index (χ4n) is 1.60. The van der Waals surface area contributed by atoms with E-state index in [-0.39, 0.29) is 11.6 Å². The predicted molar refractivity (Wildman–Crippen MR) is 63.8 cm³/mol. The molecule has 0 atom stereocenters. The number of rotatable bonds is 8. The Morgan fingerprint density at radius 3 is 2.67 bits per heavy atom. The van der Waals surface area contributed by atoms with Crippen LogP contribution in [0.15, 0.2) is 0 Å². The Bertz CT molecular complexity index is 390. The molecule has 18 heavy (non-hydrogen) atoms. The Hall–Kier alpha value is -1.47. The van der Waals surface area contributed by atoms with E-state index in [0.717, 1.165) is 0 Å². The summed E-state index contributed by atoms with van der Waals surface area (Å²) in [6.07, 6.45) is 0. The molecule has 0 saturated heterocycles. The number of ether oxygens (including phenoxy) is 2. The fourth-order valence-corrected chi connectivity index (χ4v) is 1.60. The molecular formula is C11H19N3O4. The van der Waals surface area contributed by atoms with Crippen LogP contribution in [0.1, 0.15) is 35.9 Å². The zero-order valence-corrected chi connectivity index (χ0v) is 10.9. The highest BCUT2D eigenvalue weighted by Gasteiger charge is 2.21. The SMILES string of the molecule is COCCOCCn1nnc(C(=O)O)c1C(C)C. The predicted octanol–water partition coefficient (Wildman–Crippen LogP) is 0.763. The van der Waals surface area contributed by atoms with E-state index in [4.69, 9.17) is 14.6 Å². The molecule has 0 radical (unpaired) electrons. The van der Waals surface area contributed by atoms with Gasteiger partial charge in [-0.2, -0.15) is 0 Å². The van der Waals surface area contributed by atoms with Crippen LogP contribution in [0.25, 0.3) is 0 Å². The third-order valence-corrected chi connectivity index (χ3v) is 2.40. The summed E-state index contributed by atoms with van der Waals surface area (Å²) in [6.45, 7) is 5.80. The Morgan fingerprint density at radius 1 is 1.39 bits per heavy atom. The van der Waals surface area contributed by atoms with Crippen molar-refractivity contribution in [1.29, 1.82) is 0 Å². The lowest BCUT2D eigenvalue weighted by Crippen LogP contribution is -2.14. The maximum Gasteiger partial charge on any atom is 0.358 e. The van der Waals surface area contributed by atoms with Crippen molar-refractivity contribution in [2.45, 2.75) is 26.3 Å². The fraction of sp³-hybridized carbons (Fsp3) is 0.727. The summed E-state index contributed by atoms with van der Waals surface area (Å²) in [4.78, 5) is 11.0. The number of aromatic carboxylic acids is 1. The van der Waals surface area contributed by atoms with E-state index >= 15 is 0 Å². The first kappa shape index (κ1) is 14.6. The first-order chi connectivity index (χ1) is 8.57. The topological polar surface area (TPSA) is 86.5 Å². The molecule has 0 aromatic carbocycles. The van der Waals surface area contributed by atoms with Gasteiger partial charge in [0.05, 0.1) is 32.1 Å². The standard InChI is InChI=1S/C11H19N3O4/c1-8(2)10-9(11(15)16)12-13-14(10)4-5-18-7-6-17-3/h8H,4-7H2,1-3H3,(H,15,16). The third kappa shape index (κ3) is 3.78. The lowest BCUT2D eigenvalue weighted by molar-refractivity contribution is 0.0647. The molecule has 0 aliphatic heterocycles. The lowest BCUT2D eigenvalue weighted by atomic mass is 10.1. The van der Waals surface area contributed by atoms with Gasteiger partial charge in [0.15, 0.2) is 5.69 Å². The molecule has 0 unspecified atom stereocenters. The summed E-state index contributed by atoms with van der Waals surface area (Å²) in [5, 5.41) is 16.5. The van der Waals surface area contributed by atoms with Gasteiger partial charge < -0.3 is 14.6 Å². The molecule has 7 heteroatoms. The molecule has 0 spiro atoms. The number of nitrogens with zero attached hydrogens (tertiary/aromatic N) is 3. The monoisotopic (exact) mass is 257 g/mol. The van der Waals surface area contributed by atoms with E-state index in [9.17, 15) is 4.79 Å². The van der Waals surface area contributed by atoms with Gasteiger partial charge in [0.25, 0.3) is 0 Å². The molecule has 0 aliphatic carbocycles. The smallest absolute Gasteiger partial charge is 0.358 e. The molecule has 0 bridgehead atoms. The molecule has 1 aromatic heterocycles. The quantitative estimate of drug-likeness (QED) is 0.692. The first-order valence-corrected chi connectivity index (χ1v) is 5.81. The van der Waals surface area contributed by atoms with Crippen molar-refractivity contribution in [2.75, 3.05) is 26.9 Å². The molecule has 1 aromatic rings. The molecule has 7 nitrogen and oxygen atoms in total. The molecule has 0 saturated carbocycles. The lowest BCUT2D eigenvalue weighted by Gasteiger charge is -2.10. The van der Waals surface area contributed by atoms with Gasteiger partial charge in [-0.25, -0.2) is 9.48 Å². The van der Waals surface area contributed by atoms with Gasteiger partial charge in [-0.05, 0) is 5.92 Å². The van der Waals surface area contributed by atoms with E-state index in [0.29, 0.717) is 32.1 Å². The number of carbonyl (C=O) groups is 1. The molecule has 1 rings (SSSR count). The van der Waals surface area contributed by atoms with Crippen molar-refractivity contribution >= 4 is 5.97 Å². The summed E-state index contributed by atoms with van der Waals surface area (Å²) in [5.41, 5.74) is 0.639. The summed E-state index contributed by atoms with van der Waals surface area (Å²) in [5.74, 6) is -1.00. The highest BCUT2D eigenvalue weighted by atomic mass is 16.5. The molecule has 0 aliphatic rings. The van der Waals surface area contributed by atoms with Crippen molar-refractivity contribution in [3.8, 4) is 0 Å². The summed E-state index contributed by atoms with van der Waals surface area (Å²) < 4.78 is 11.8. The van der Waals surface area contributed by atoms with Crippen LogP contribution in [0.3, 0.4) is 0 Å². The molecule has 0 amide bonds. The second-order valence-electron chi connectivity index (χ2n) is 4.11. The molecule has 102 valence electrons. The maximum absolute atomic E-state index is 11.0. The highest BCUT2D eigenvalue weighted by molar-refractivity contribution is 5.86. The zero-order chi connectivity index (χ0) is 13.5. The largest absolute Gasteiger partial charge is 0.476 e. The second-order valence-corrected chi connectivity index (χ2v) is 4.11. The average molecular weight is 257 g/mol. The van der Waals surface area contributed by atoms with Crippen LogP contribution in [0, 0.1) is 0 Å². The number of methoxy groups -OCH3 is 1. The second kappa shape index (κ2) is 7.07. The minimum absolute atomic E-state index is 0.0156. The van der Waals surface area contributed by atoms with Crippen LogP contribution in [0.4, 0.5) is 0 Å². The van der Waals surface area contributed by atoms with Gasteiger partial charge in [0, 0.05) is 7.11 Å². The number of hydrogen-bond donors (Lipinski definition) is 1. The van der Waals surface area contributed by atoms with Crippen LogP contribution in [0.2, 0.25) is 0 Å². The van der Waals surface area contributed by atoms with Gasteiger partial charge in [-0.1, -0.05) is 19.1 Å². The van der Waals surface area contributed by atoms with E-state index in [1.807, 2.05) is 13.8 Å². The number of aromatic nitrogens is 3. The average Bonchev–Trinajstić information content (AvgIpc) is 2.72. The minimum Gasteiger partial charge on any atom is -0.476 e. The van der Waals surface area contributed by atoms with Gasteiger partial charge in [0.1, 0.15) is 0 Å². The normalized spacial score (nSPS) is 11.1.